The highest BCUT2D eigenvalue weighted by Gasteiger charge is 2.25. The van der Waals surface area contributed by atoms with Crippen molar-refractivity contribution in [3.8, 4) is 0 Å². The summed E-state index contributed by atoms with van der Waals surface area (Å²) in [6.07, 6.45) is 0. The zero-order valence-corrected chi connectivity index (χ0v) is 9.23. The molecule has 0 spiro atoms. The van der Waals surface area contributed by atoms with Crippen LogP contribution in [0, 0.1) is 13.8 Å². The summed E-state index contributed by atoms with van der Waals surface area (Å²) >= 11 is 0. The van der Waals surface area contributed by atoms with Crippen molar-refractivity contribution in [3.63, 3.8) is 0 Å². The Labute approximate surface area is 82.9 Å². The number of hydrogen-bond acceptors (Lipinski definition) is 1. The molecule has 4 heteroatoms. The van der Waals surface area contributed by atoms with Crippen molar-refractivity contribution in [1.29, 1.82) is 0 Å². The maximum atomic E-state index is 12.5. The molecule has 80 valence electrons. The van der Waals surface area contributed by atoms with Crippen LogP contribution in [-0.4, -0.2) is 9.78 Å². The molecule has 14 heavy (non-hydrogen) atoms. The highest BCUT2D eigenvalue weighted by molar-refractivity contribution is 5.31. The van der Waals surface area contributed by atoms with Gasteiger partial charge in [0.1, 0.15) is 0 Å². The minimum atomic E-state index is -2.55. The van der Waals surface area contributed by atoms with E-state index in [9.17, 15) is 8.78 Å². The van der Waals surface area contributed by atoms with Crippen LogP contribution < -0.4 is 0 Å². The number of alkyl halides is 2. The molecule has 0 amide bonds. The molecule has 0 aliphatic heterocycles. The smallest absolute Gasteiger partial charge is 0.208 e. The van der Waals surface area contributed by atoms with E-state index in [4.69, 9.17) is 0 Å². The SMILES string of the molecule is Cc1nn(C(F)F)c(C)c1C(C)(C)C. The number of rotatable bonds is 1. The number of aromatic nitrogens is 2. The topological polar surface area (TPSA) is 17.8 Å². The fourth-order valence-electron chi connectivity index (χ4n) is 1.94. The van der Waals surface area contributed by atoms with Gasteiger partial charge in [0.05, 0.1) is 5.69 Å². The van der Waals surface area contributed by atoms with E-state index in [0.717, 1.165) is 10.2 Å². The van der Waals surface area contributed by atoms with Crippen LogP contribution in [0.15, 0.2) is 0 Å². The number of hydrogen-bond donors (Lipinski definition) is 0. The molecule has 0 fully saturated rings. The lowest BCUT2D eigenvalue weighted by Gasteiger charge is -2.19. The maximum Gasteiger partial charge on any atom is 0.333 e. The van der Waals surface area contributed by atoms with Crippen LogP contribution >= 0.6 is 0 Å². The van der Waals surface area contributed by atoms with Crippen LogP contribution in [0.1, 0.15) is 44.3 Å². The maximum absolute atomic E-state index is 12.5. The summed E-state index contributed by atoms with van der Waals surface area (Å²) < 4.78 is 25.8. The van der Waals surface area contributed by atoms with Gasteiger partial charge in [-0.05, 0) is 19.3 Å². The fourth-order valence-corrected chi connectivity index (χ4v) is 1.94. The number of aryl methyl sites for hydroxylation is 1. The Morgan fingerprint density at radius 3 is 1.93 bits per heavy atom. The van der Waals surface area contributed by atoms with Crippen LogP contribution in [0.4, 0.5) is 8.78 Å². The second kappa shape index (κ2) is 3.33. The summed E-state index contributed by atoms with van der Waals surface area (Å²) in [5.74, 6) is 0. The lowest BCUT2D eigenvalue weighted by atomic mass is 9.85. The van der Waals surface area contributed by atoms with Crippen LogP contribution in [0.5, 0.6) is 0 Å². The molecule has 0 aliphatic rings. The monoisotopic (exact) mass is 202 g/mol. The van der Waals surface area contributed by atoms with Crippen molar-refractivity contribution in [2.75, 3.05) is 0 Å². The minimum Gasteiger partial charge on any atom is -0.208 e. The highest BCUT2D eigenvalue weighted by Crippen LogP contribution is 2.30. The van der Waals surface area contributed by atoms with E-state index in [1.165, 1.54) is 0 Å². The lowest BCUT2D eigenvalue weighted by molar-refractivity contribution is 0.0539. The third-order valence-corrected chi connectivity index (χ3v) is 2.26. The van der Waals surface area contributed by atoms with Gasteiger partial charge < -0.3 is 0 Å². The first-order valence-corrected chi connectivity index (χ1v) is 4.59. The molecule has 1 rings (SSSR count). The molecule has 0 saturated carbocycles. The molecule has 0 aromatic carbocycles. The molecule has 1 heterocycles. The van der Waals surface area contributed by atoms with Gasteiger partial charge >= 0.3 is 6.55 Å². The van der Waals surface area contributed by atoms with Gasteiger partial charge in [-0.3, -0.25) is 0 Å². The number of nitrogens with zero attached hydrogens (tertiary/aromatic N) is 2. The van der Waals surface area contributed by atoms with E-state index < -0.39 is 6.55 Å². The van der Waals surface area contributed by atoms with E-state index in [0.29, 0.717) is 11.4 Å². The normalized spacial score (nSPS) is 12.6. The molecular weight excluding hydrogens is 186 g/mol. The lowest BCUT2D eigenvalue weighted by Crippen LogP contribution is -2.14. The quantitative estimate of drug-likeness (QED) is 0.683. The van der Waals surface area contributed by atoms with Gasteiger partial charge in [0.15, 0.2) is 0 Å². The first kappa shape index (κ1) is 11.1. The Balaban J connectivity index is 3.33. The van der Waals surface area contributed by atoms with E-state index in [1.54, 1.807) is 13.8 Å². The van der Waals surface area contributed by atoms with Gasteiger partial charge in [0.2, 0.25) is 0 Å². The molecule has 0 radical (unpaired) electrons. The predicted octanol–water partition coefficient (Wildman–Crippen LogP) is 3.19. The van der Waals surface area contributed by atoms with Crippen molar-refractivity contribution in [2.45, 2.75) is 46.6 Å². The van der Waals surface area contributed by atoms with Gasteiger partial charge in [0.25, 0.3) is 0 Å². The summed E-state index contributed by atoms with van der Waals surface area (Å²) in [6.45, 7) is 6.91. The third kappa shape index (κ3) is 1.79. The molecule has 0 aliphatic carbocycles. The van der Waals surface area contributed by atoms with E-state index in [1.807, 2.05) is 20.8 Å². The Morgan fingerprint density at radius 1 is 1.21 bits per heavy atom. The molecule has 2 nitrogen and oxygen atoms in total. The molecule has 0 N–H and O–H groups in total. The fraction of sp³-hybridized carbons (Fsp3) is 0.700. The van der Waals surface area contributed by atoms with Crippen LogP contribution in [-0.2, 0) is 5.41 Å². The van der Waals surface area contributed by atoms with Crippen molar-refractivity contribution in [2.24, 2.45) is 0 Å². The minimum absolute atomic E-state index is 0.138. The van der Waals surface area contributed by atoms with Crippen LogP contribution in [0.2, 0.25) is 0 Å². The van der Waals surface area contributed by atoms with E-state index >= 15 is 0 Å². The molecule has 0 bridgehead atoms. The summed E-state index contributed by atoms with van der Waals surface area (Å²) in [4.78, 5) is 0. The van der Waals surface area contributed by atoms with Crippen molar-refractivity contribution >= 4 is 0 Å². The molecule has 0 saturated heterocycles. The standard InChI is InChI=1S/C10H16F2N2/c1-6-8(10(3,4)5)7(2)14(13-6)9(11)12/h9H,1-5H3. The van der Waals surface area contributed by atoms with Crippen molar-refractivity contribution in [3.05, 3.63) is 17.0 Å². The molecule has 1 aromatic rings. The van der Waals surface area contributed by atoms with Gasteiger partial charge in [-0.1, -0.05) is 20.8 Å². The Bertz CT molecular complexity index is 335. The van der Waals surface area contributed by atoms with Crippen LogP contribution in [0.25, 0.3) is 0 Å². The molecule has 0 atom stereocenters. The van der Waals surface area contributed by atoms with Crippen LogP contribution in [0.3, 0.4) is 0 Å². The first-order chi connectivity index (χ1) is 6.25. The van der Waals surface area contributed by atoms with Gasteiger partial charge in [-0.15, -0.1) is 0 Å². The Hall–Kier alpha value is -0.930. The first-order valence-electron chi connectivity index (χ1n) is 4.59. The summed E-state index contributed by atoms with van der Waals surface area (Å²) in [7, 11) is 0. The second-order valence-corrected chi connectivity index (χ2v) is 4.52. The Kier molecular flexibility index (Phi) is 2.65. The van der Waals surface area contributed by atoms with Gasteiger partial charge in [0, 0.05) is 11.3 Å². The van der Waals surface area contributed by atoms with Gasteiger partial charge in [-0.2, -0.15) is 13.9 Å². The second-order valence-electron chi connectivity index (χ2n) is 4.52. The van der Waals surface area contributed by atoms with Crippen molar-refractivity contribution in [1.82, 2.24) is 9.78 Å². The van der Waals surface area contributed by atoms with Gasteiger partial charge in [-0.25, -0.2) is 4.68 Å². The average Bonchev–Trinajstić information content (AvgIpc) is 2.24. The molecular formula is C10H16F2N2. The summed E-state index contributed by atoms with van der Waals surface area (Å²) in [5, 5.41) is 3.84. The third-order valence-electron chi connectivity index (χ3n) is 2.26. The highest BCUT2D eigenvalue weighted by atomic mass is 19.3. The largest absolute Gasteiger partial charge is 0.333 e. The predicted molar refractivity (Wildman–Crippen MR) is 51.7 cm³/mol. The summed E-state index contributed by atoms with van der Waals surface area (Å²) in [6, 6.07) is 0. The Morgan fingerprint density at radius 2 is 1.71 bits per heavy atom. The van der Waals surface area contributed by atoms with E-state index in [2.05, 4.69) is 5.10 Å². The summed E-state index contributed by atoms with van der Waals surface area (Å²) in [5.41, 5.74) is 2.03. The molecule has 0 unspecified atom stereocenters. The average molecular weight is 202 g/mol. The zero-order chi connectivity index (χ0) is 11.1. The van der Waals surface area contributed by atoms with E-state index in [-0.39, 0.29) is 5.41 Å². The number of halogens is 2. The zero-order valence-electron chi connectivity index (χ0n) is 9.23. The molecule has 1 aromatic heterocycles. The van der Waals surface area contributed by atoms with Crippen molar-refractivity contribution < 1.29 is 8.78 Å².